The van der Waals surface area contributed by atoms with E-state index in [-0.39, 0.29) is 17.6 Å². The summed E-state index contributed by atoms with van der Waals surface area (Å²) < 4.78 is 4.89. The Bertz CT molecular complexity index is 485. The molecule has 1 atom stereocenters. The normalized spacial score (nSPS) is 12.3. The number of carbonyl (C=O) groups is 1. The quantitative estimate of drug-likeness (QED) is 0.482. The first kappa shape index (κ1) is 14.8. The highest BCUT2D eigenvalue weighted by Crippen LogP contribution is 2.18. The Labute approximate surface area is 111 Å². The van der Waals surface area contributed by atoms with E-state index in [0.29, 0.717) is 12.2 Å². The van der Waals surface area contributed by atoms with Gasteiger partial charge in [0.15, 0.2) is 0 Å². The molecule has 1 rings (SSSR count). The molecule has 0 aliphatic rings. The van der Waals surface area contributed by atoms with E-state index >= 15 is 0 Å². The lowest BCUT2D eigenvalue weighted by molar-refractivity contribution is -0.385. The number of hydrogen-bond donors (Lipinski definition) is 1. The van der Waals surface area contributed by atoms with E-state index in [1.165, 1.54) is 18.2 Å². The van der Waals surface area contributed by atoms with Gasteiger partial charge < -0.3 is 10.1 Å². The number of nitrogens with one attached hydrogen (secondary N) is 1. The number of nitrogens with zero attached hydrogens (tertiary/aromatic N) is 1. The molecule has 0 aliphatic carbocycles. The molecular weight excluding hydrogens is 248 g/mol. The SMILES string of the molecule is COC[C@H](C)NC(=O)/C=C/c1ccccc1[N+](=O)[O-]. The van der Waals surface area contributed by atoms with Gasteiger partial charge in [0.05, 0.1) is 17.1 Å². The maximum absolute atomic E-state index is 11.6. The highest BCUT2D eigenvalue weighted by molar-refractivity contribution is 5.92. The molecule has 1 aromatic carbocycles. The van der Waals surface area contributed by atoms with Crippen LogP contribution in [0.15, 0.2) is 30.3 Å². The molecule has 0 radical (unpaired) electrons. The first-order valence-corrected chi connectivity index (χ1v) is 5.75. The van der Waals surface area contributed by atoms with Crippen LogP contribution < -0.4 is 5.32 Å². The maximum Gasteiger partial charge on any atom is 0.276 e. The zero-order valence-corrected chi connectivity index (χ0v) is 10.8. The first-order chi connectivity index (χ1) is 9.04. The van der Waals surface area contributed by atoms with E-state index < -0.39 is 4.92 Å². The third-order valence-corrected chi connectivity index (χ3v) is 2.35. The summed E-state index contributed by atoms with van der Waals surface area (Å²) in [6.45, 7) is 2.21. The third-order valence-electron chi connectivity index (χ3n) is 2.35. The van der Waals surface area contributed by atoms with E-state index in [0.717, 1.165) is 0 Å². The third kappa shape index (κ3) is 4.89. The second kappa shape index (κ2) is 7.27. The number of amides is 1. The van der Waals surface area contributed by atoms with Crippen LogP contribution in [-0.2, 0) is 9.53 Å². The molecular formula is C13H16N2O4. The lowest BCUT2D eigenvalue weighted by Gasteiger charge is -2.10. The lowest BCUT2D eigenvalue weighted by atomic mass is 10.1. The molecule has 6 heteroatoms. The van der Waals surface area contributed by atoms with Crippen molar-refractivity contribution in [2.45, 2.75) is 13.0 Å². The number of carbonyl (C=O) groups excluding carboxylic acids is 1. The van der Waals surface area contributed by atoms with Gasteiger partial charge in [-0.1, -0.05) is 12.1 Å². The van der Waals surface area contributed by atoms with Crippen molar-refractivity contribution in [2.24, 2.45) is 0 Å². The van der Waals surface area contributed by atoms with Crippen molar-refractivity contribution in [1.82, 2.24) is 5.32 Å². The minimum Gasteiger partial charge on any atom is -0.383 e. The highest BCUT2D eigenvalue weighted by Gasteiger charge is 2.10. The second-order valence-corrected chi connectivity index (χ2v) is 4.01. The van der Waals surface area contributed by atoms with Gasteiger partial charge in [-0.3, -0.25) is 14.9 Å². The van der Waals surface area contributed by atoms with E-state index in [2.05, 4.69) is 5.32 Å². The lowest BCUT2D eigenvalue weighted by Crippen LogP contribution is -2.34. The summed E-state index contributed by atoms with van der Waals surface area (Å²) in [6, 6.07) is 6.12. The number of methoxy groups -OCH3 is 1. The van der Waals surface area contributed by atoms with Crippen LogP contribution in [0.25, 0.3) is 6.08 Å². The predicted octanol–water partition coefficient (Wildman–Crippen LogP) is 1.76. The van der Waals surface area contributed by atoms with Gasteiger partial charge in [-0.15, -0.1) is 0 Å². The Hall–Kier alpha value is -2.21. The summed E-state index contributed by atoms with van der Waals surface area (Å²) in [5, 5.41) is 13.5. The first-order valence-electron chi connectivity index (χ1n) is 5.75. The smallest absolute Gasteiger partial charge is 0.276 e. The molecule has 0 aliphatic heterocycles. The molecule has 1 aromatic rings. The summed E-state index contributed by atoms with van der Waals surface area (Å²) in [6.07, 6.45) is 2.70. The zero-order chi connectivity index (χ0) is 14.3. The molecule has 0 aromatic heterocycles. The number of nitro groups is 1. The monoisotopic (exact) mass is 264 g/mol. The predicted molar refractivity (Wildman–Crippen MR) is 71.6 cm³/mol. The van der Waals surface area contributed by atoms with E-state index in [1.807, 2.05) is 0 Å². The Kier molecular flexibility index (Phi) is 5.69. The van der Waals surface area contributed by atoms with Crippen LogP contribution in [-0.4, -0.2) is 30.6 Å². The molecule has 0 spiro atoms. The molecule has 0 saturated carbocycles. The van der Waals surface area contributed by atoms with Crippen molar-refractivity contribution in [1.29, 1.82) is 0 Å². The van der Waals surface area contributed by atoms with Crippen LogP contribution in [0.1, 0.15) is 12.5 Å². The van der Waals surface area contributed by atoms with Gasteiger partial charge in [-0.2, -0.15) is 0 Å². The summed E-state index contributed by atoms with van der Waals surface area (Å²) in [4.78, 5) is 21.9. The van der Waals surface area contributed by atoms with Crippen LogP contribution in [0.5, 0.6) is 0 Å². The zero-order valence-electron chi connectivity index (χ0n) is 10.8. The average molecular weight is 264 g/mol. The summed E-state index contributed by atoms with van der Waals surface area (Å²) in [7, 11) is 1.55. The van der Waals surface area contributed by atoms with Gasteiger partial charge in [0.2, 0.25) is 5.91 Å². The van der Waals surface area contributed by atoms with Crippen LogP contribution in [0.4, 0.5) is 5.69 Å². The second-order valence-electron chi connectivity index (χ2n) is 4.01. The van der Waals surface area contributed by atoms with E-state index in [1.54, 1.807) is 32.2 Å². The van der Waals surface area contributed by atoms with Gasteiger partial charge >= 0.3 is 0 Å². The maximum atomic E-state index is 11.6. The van der Waals surface area contributed by atoms with Crippen LogP contribution >= 0.6 is 0 Å². The number of rotatable bonds is 6. The minimum absolute atomic E-state index is 0.0310. The van der Waals surface area contributed by atoms with Crippen LogP contribution in [0.2, 0.25) is 0 Å². The molecule has 0 bridgehead atoms. The fourth-order valence-corrected chi connectivity index (χ4v) is 1.54. The standard InChI is InChI=1S/C13H16N2O4/c1-10(9-19-2)14-13(16)8-7-11-5-3-4-6-12(11)15(17)18/h3-8,10H,9H2,1-2H3,(H,14,16)/b8-7+/t10-/m0/s1. The van der Waals surface area contributed by atoms with Gasteiger partial charge in [0.25, 0.3) is 5.69 Å². The number of hydrogen-bond acceptors (Lipinski definition) is 4. The number of para-hydroxylation sites is 1. The van der Waals surface area contributed by atoms with Crippen LogP contribution in [0, 0.1) is 10.1 Å². The Balaban J connectivity index is 2.71. The summed E-state index contributed by atoms with van der Waals surface area (Å²) >= 11 is 0. The molecule has 0 unspecified atom stereocenters. The van der Waals surface area contributed by atoms with Gasteiger partial charge in [-0.25, -0.2) is 0 Å². The largest absolute Gasteiger partial charge is 0.383 e. The van der Waals surface area contributed by atoms with Crippen molar-refractivity contribution in [2.75, 3.05) is 13.7 Å². The van der Waals surface area contributed by atoms with Crippen molar-refractivity contribution in [3.8, 4) is 0 Å². The summed E-state index contributed by atoms with van der Waals surface area (Å²) in [5.74, 6) is -0.317. The van der Waals surface area contributed by atoms with Gasteiger partial charge in [0.1, 0.15) is 0 Å². The Morgan fingerprint density at radius 1 is 1.53 bits per heavy atom. The number of benzene rings is 1. The Morgan fingerprint density at radius 2 is 2.21 bits per heavy atom. The molecule has 6 nitrogen and oxygen atoms in total. The molecule has 19 heavy (non-hydrogen) atoms. The number of ether oxygens (including phenoxy) is 1. The fourth-order valence-electron chi connectivity index (χ4n) is 1.54. The molecule has 0 saturated heterocycles. The van der Waals surface area contributed by atoms with Crippen molar-refractivity contribution in [3.63, 3.8) is 0 Å². The molecule has 1 amide bonds. The highest BCUT2D eigenvalue weighted by atomic mass is 16.6. The van der Waals surface area contributed by atoms with Crippen molar-refractivity contribution < 1.29 is 14.5 Å². The molecule has 0 heterocycles. The molecule has 102 valence electrons. The molecule has 1 N–H and O–H groups in total. The minimum atomic E-state index is -0.481. The van der Waals surface area contributed by atoms with Gasteiger partial charge in [0, 0.05) is 25.3 Å². The van der Waals surface area contributed by atoms with Crippen LogP contribution in [0.3, 0.4) is 0 Å². The summed E-state index contributed by atoms with van der Waals surface area (Å²) in [5.41, 5.74) is 0.360. The van der Waals surface area contributed by atoms with Gasteiger partial charge in [-0.05, 0) is 19.1 Å². The fraction of sp³-hybridized carbons (Fsp3) is 0.308. The van der Waals surface area contributed by atoms with E-state index in [9.17, 15) is 14.9 Å². The van der Waals surface area contributed by atoms with E-state index in [4.69, 9.17) is 4.74 Å². The number of nitro benzene ring substituents is 1. The Morgan fingerprint density at radius 3 is 2.84 bits per heavy atom. The van der Waals surface area contributed by atoms with Crippen molar-refractivity contribution in [3.05, 3.63) is 46.0 Å². The molecule has 0 fully saturated rings. The van der Waals surface area contributed by atoms with Crippen molar-refractivity contribution >= 4 is 17.7 Å². The topological polar surface area (TPSA) is 81.5 Å². The average Bonchev–Trinajstić information content (AvgIpc) is 2.36.